The van der Waals surface area contributed by atoms with Gasteiger partial charge in [-0.15, -0.1) is 0 Å². The Labute approximate surface area is 147 Å². The fourth-order valence-electron chi connectivity index (χ4n) is 2.88. The quantitative estimate of drug-likeness (QED) is 0.896. The third-order valence-corrected chi connectivity index (χ3v) is 4.21. The number of phenolic OH excluding ortho intramolecular Hbond substituents is 1. The van der Waals surface area contributed by atoms with Crippen molar-refractivity contribution in [1.29, 1.82) is 0 Å². The number of nitrogens with one attached hydrogen (secondary N) is 1. The van der Waals surface area contributed by atoms with E-state index >= 15 is 0 Å². The van der Waals surface area contributed by atoms with E-state index in [1.807, 2.05) is 18.2 Å². The maximum atomic E-state index is 12.4. The van der Waals surface area contributed by atoms with E-state index in [0.717, 1.165) is 16.9 Å². The lowest BCUT2D eigenvalue weighted by Crippen LogP contribution is -2.47. The zero-order chi connectivity index (χ0) is 17.8. The van der Waals surface area contributed by atoms with Crippen LogP contribution in [0.15, 0.2) is 42.5 Å². The maximum Gasteiger partial charge on any atom is 0.317 e. The van der Waals surface area contributed by atoms with Gasteiger partial charge in [-0.05, 0) is 30.2 Å². The molecule has 0 spiro atoms. The van der Waals surface area contributed by atoms with Gasteiger partial charge in [-0.2, -0.15) is 0 Å². The van der Waals surface area contributed by atoms with Gasteiger partial charge in [0.05, 0.1) is 13.2 Å². The summed E-state index contributed by atoms with van der Waals surface area (Å²) in [5.74, 6) is 1.68. The Kier molecular flexibility index (Phi) is 4.97. The number of hydrogen-bond acceptors (Lipinski definition) is 4. The number of benzene rings is 2. The molecule has 0 saturated carbocycles. The average molecular weight is 342 g/mol. The fourth-order valence-corrected chi connectivity index (χ4v) is 2.88. The lowest BCUT2D eigenvalue weighted by molar-refractivity contribution is 0.186. The summed E-state index contributed by atoms with van der Waals surface area (Å²) < 4.78 is 11.1. The number of aromatic hydroxyl groups is 1. The smallest absolute Gasteiger partial charge is 0.317 e. The lowest BCUT2D eigenvalue weighted by Gasteiger charge is -2.29. The molecule has 2 N–H and O–H groups in total. The first-order chi connectivity index (χ1) is 12.1. The van der Waals surface area contributed by atoms with Gasteiger partial charge in [-0.25, -0.2) is 4.79 Å². The molecule has 0 bridgehead atoms. The van der Waals surface area contributed by atoms with Crippen LogP contribution in [0.1, 0.15) is 11.1 Å². The molecular formula is C19H22N2O4. The molecule has 1 aliphatic rings. The molecule has 25 heavy (non-hydrogen) atoms. The Hall–Kier alpha value is -2.89. The molecule has 1 atom stereocenters. The summed E-state index contributed by atoms with van der Waals surface area (Å²) >= 11 is 0. The van der Waals surface area contributed by atoms with Crippen molar-refractivity contribution >= 4 is 6.03 Å². The number of carbonyl (C=O) groups excluding carboxylic acids is 1. The Morgan fingerprint density at radius 3 is 2.80 bits per heavy atom. The summed E-state index contributed by atoms with van der Waals surface area (Å²) in [6.07, 6.45) is 0.700. The van der Waals surface area contributed by atoms with E-state index < -0.39 is 0 Å². The topological polar surface area (TPSA) is 71.0 Å². The first kappa shape index (κ1) is 17.0. The minimum Gasteiger partial charge on any atom is -0.508 e. The average Bonchev–Trinajstić information content (AvgIpc) is 2.62. The number of fused-ring (bicyclic) bond motifs is 1. The van der Waals surface area contributed by atoms with E-state index in [2.05, 4.69) is 5.32 Å². The van der Waals surface area contributed by atoms with E-state index in [-0.39, 0.29) is 17.8 Å². The van der Waals surface area contributed by atoms with Crippen LogP contribution < -0.4 is 14.8 Å². The summed E-state index contributed by atoms with van der Waals surface area (Å²) in [7, 11) is 3.36. The number of amides is 2. The molecule has 0 fully saturated rings. The van der Waals surface area contributed by atoms with Crippen molar-refractivity contribution in [3.05, 3.63) is 53.6 Å². The molecule has 6 heteroatoms. The summed E-state index contributed by atoms with van der Waals surface area (Å²) in [5, 5.41) is 12.3. The second kappa shape index (κ2) is 7.34. The maximum absolute atomic E-state index is 12.4. The molecule has 0 radical (unpaired) electrons. The van der Waals surface area contributed by atoms with Crippen LogP contribution in [-0.2, 0) is 13.0 Å². The molecule has 6 nitrogen and oxygen atoms in total. The summed E-state index contributed by atoms with van der Waals surface area (Å²) in [6, 6.07) is 12.3. The zero-order valence-electron chi connectivity index (χ0n) is 14.4. The van der Waals surface area contributed by atoms with E-state index in [1.54, 1.807) is 43.3 Å². The molecule has 3 rings (SSSR count). The van der Waals surface area contributed by atoms with Crippen molar-refractivity contribution in [2.45, 2.75) is 19.0 Å². The van der Waals surface area contributed by atoms with Crippen LogP contribution in [0.2, 0.25) is 0 Å². The zero-order valence-corrected chi connectivity index (χ0v) is 14.4. The van der Waals surface area contributed by atoms with Crippen LogP contribution in [0.4, 0.5) is 4.79 Å². The van der Waals surface area contributed by atoms with Gasteiger partial charge >= 0.3 is 6.03 Å². The standard InChI is InChI=1S/C19H22N2O4/c1-21(11-13-6-8-16(22)9-7-13)19(23)20-15-10-14-4-3-5-17(24-2)18(14)25-12-15/h3-9,15,22H,10-12H2,1-2H3,(H,20,23)/t15-/m1/s1. The van der Waals surface area contributed by atoms with E-state index in [1.165, 1.54) is 0 Å². The van der Waals surface area contributed by atoms with Gasteiger partial charge in [0.1, 0.15) is 12.4 Å². The third-order valence-electron chi connectivity index (χ3n) is 4.21. The first-order valence-corrected chi connectivity index (χ1v) is 8.15. The van der Waals surface area contributed by atoms with Crippen LogP contribution >= 0.6 is 0 Å². The molecule has 2 aromatic carbocycles. The largest absolute Gasteiger partial charge is 0.508 e. The molecule has 1 heterocycles. The fraction of sp³-hybridized carbons (Fsp3) is 0.316. The van der Waals surface area contributed by atoms with Crippen molar-refractivity contribution in [1.82, 2.24) is 10.2 Å². The molecule has 132 valence electrons. The highest BCUT2D eigenvalue weighted by molar-refractivity contribution is 5.74. The van der Waals surface area contributed by atoms with Crippen LogP contribution in [0.3, 0.4) is 0 Å². The molecule has 0 unspecified atom stereocenters. The van der Waals surface area contributed by atoms with Gasteiger partial charge < -0.3 is 24.8 Å². The molecule has 2 aromatic rings. The van der Waals surface area contributed by atoms with Gasteiger partial charge in [0.25, 0.3) is 0 Å². The number of hydrogen-bond donors (Lipinski definition) is 2. The van der Waals surface area contributed by atoms with E-state index in [9.17, 15) is 9.90 Å². The predicted molar refractivity (Wildman–Crippen MR) is 94.1 cm³/mol. The van der Waals surface area contributed by atoms with Crippen LogP contribution in [-0.4, -0.2) is 42.8 Å². The monoisotopic (exact) mass is 342 g/mol. The van der Waals surface area contributed by atoms with Crippen LogP contribution in [0.25, 0.3) is 0 Å². The number of urea groups is 1. The second-order valence-electron chi connectivity index (χ2n) is 6.13. The second-order valence-corrected chi connectivity index (χ2v) is 6.13. The summed E-state index contributed by atoms with van der Waals surface area (Å²) in [4.78, 5) is 14.0. The molecule has 0 aromatic heterocycles. The number of carbonyl (C=O) groups is 1. The molecule has 1 aliphatic heterocycles. The van der Waals surface area contributed by atoms with Crippen molar-refractivity contribution in [2.24, 2.45) is 0 Å². The highest BCUT2D eigenvalue weighted by Crippen LogP contribution is 2.34. The van der Waals surface area contributed by atoms with Gasteiger partial charge in [0.2, 0.25) is 0 Å². The number of ether oxygens (including phenoxy) is 2. The Balaban J connectivity index is 1.58. The summed E-state index contributed by atoms with van der Waals surface area (Å²) in [5.41, 5.74) is 1.97. The van der Waals surface area contributed by atoms with Crippen molar-refractivity contribution in [3.63, 3.8) is 0 Å². The normalized spacial score (nSPS) is 15.7. The van der Waals surface area contributed by atoms with Crippen LogP contribution in [0.5, 0.6) is 17.2 Å². The SMILES string of the molecule is COc1cccc2c1OC[C@H](NC(=O)N(C)Cc1ccc(O)cc1)C2. The van der Waals surface area contributed by atoms with E-state index in [0.29, 0.717) is 25.3 Å². The Morgan fingerprint density at radius 2 is 2.08 bits per heavy atom. The minimum absolute atomic E-state index is 0.0885. The first-order valence-electron chi connectivity index (χ1n) is 8.15. The number of nitrogens with zero attached hydrogens (tertiary/aromatic N) is 1. The van der Waals surface area contributed by atoms with Gasteiger partial charge in [0, 0.05) is 19.2 Å². The number of phenols is 1. The molecule has 0 saturated heterocycles. The van der Waals surface area contributed by atoms with E-state index in [4.69, 9.17) is 9.47 Å². The highest BCUT2D eigenvalue weighted by Gasteiger charge is 2.24. The number of para-hydroxylation sites is 1. The number of rotatable bonds is 4. The highest BCUT2D eigenvalue weighted by atomic mass is 16.5. The van der Waals surface area contributed by atoms with Crippen molar-refractivity contribution in [3.8, 4) is 17.2 Å². The Bertz CT molecular complexity index is 746. The third kappa shape index (κ3) is 3.96. The minimum atomic E-state index is -0.159. The van der Waals surface area contributed by atoms with Crippen molar-refractivity contribution < 1.29 is 19.4 Å². The number of methoxy groups -OCH3 is 1. The molecule has 0 aliphatic carbocycles. The van der Waals surface area contributed by atoms with Gasteiger partial charge in [-0.1, -0.05) is 24.3 Å². The Morgan fingerprint density at radius 1 is 1.32 bits per heavy atom. The summed E-state index contributed by atoms with van der Waals surface area (Å²) in [6.45, 7) is 0.871. The van der Waals surface area contributed by atoms with Gasteiger partial charge in [-0.3, -0.25) is 0 Å². The molecular weight excluding hydrogens is 320 g/mol. The molecule has 2 amide bonds. The van der Waals surface area contributed by atoms with Gasteiger partial charge in [0.15, 0.2) is 11.5 Å². The lowest BCUT2D eigenvalue weighted by atomic mass is 10.0. The van der Waals surface area contributed by atoms with Crippen LogP contribution in [0, 0.1) is 0 Å². The predicted octanol–water partition coefficient (Wildman–Crippen LogP) is 2.55. The van der Waals surface area contributed by atoms with Crippen molar-refractivity contribution in [2.75, 3.05) is 20.8 Å².